The summed E-state index contributed by atoms with van der Waals surface area (Å²) in [6.45, 7) is 25.0. The third kappa shape index (κ3) is 10.1. The maximum atomic E-state index is 13.1. The second-order valence-electron chi connectivity index (χ2n) is 14.1. The molecule has 1 aliphatic heterocycles. The number of allylic oxidation sites excluding steroid dienone is 1. The smallest absolute Gasteiger partial charge is 0.311 e. The van der Waals surface area contributed by atoms with Crippen molar-refractivity contribution in [2.75, 3.05) is 6.61 Å². The first-order valence-electron chi connectivity index (χ1n) is 13.1. The maximum Gasteiger partial charge on any atom is 0.311 e. The lowest BCUT2D eigenvalue weighted by Crippen LogP contribution is -2.64. The molecule has 0 aromatic rings. The van der Waals surface area contributed by atoms with Crippen molar-refractivity contribution in [1.29, 1.82) is 0 Å². The average Bonchev–Trinajstić information content (AvgIpc) is 2.72. The summed E-state index contributed by atoms with van der Waals surface area (Å²) >= 11 is 0. The van der Waals surface area contributed by atoms with Crippen LogP contribution in [0.5, 0.6) is 0 Å². The van der Waals surface area contributed by atoms with Crippen LogP contribution in [0.4, 0.5) is 0 Å². The summed E-state index contributed by atoms with van der Waals surface area (Å²) in [5.41, 5.74) is -3.63. The highest BCUT2D eigenvalue weighted by atomic mass is 16.7. The van der Waals surface area contributed by atoms with Crippen LogP contribution in [0.3, 0.4) is 0 Å². The van der Waals surface area contributed by atoms with Crippen molar-refractivity contribution in [2.45, 2.75) is 121 Å². The predicted octanol–water partition coefficient (Wildman–Crippen LogP) is 4.72. The number of carbonyl (C=O) groups excluding carboxylic acids is 4. The molecule has 0 saturated carbocycles. The molecule has 39 heavy (non-hydrogen) atoms. The van der Waals surface area contributed by atoms with Crippen LogP contribution in [0.1, 0.15) is 90.0 Å². The van der Waals surface area contributed by atoms with E-state index < -0.39 is 76.2 Å². The number of hydrogen-bond acceptors (Lipinski definition) is 10. The van der Waals surface area contributed by atoms with Gasteiger partial charge in [0.2, 0.25) is 12.4 Å². The number of rotatable bonds is 7. The first kappa shape index (κ1) is 34.4. The molecule has 0 amide bonds. The Hall–Kier alpha value is -2.62. The molecule has 1 aliphatic rings. The Labute approximate surface area is 233 Å². The fourth-order valence-corrected chi connectivity index (χ4v) is 2.98. The zero-order valence-electron chi connectivity index (χ0n) is 25.9. The minimum absolute atomic E-state index is 0.230. The second kappa shape index (κ2) is 12.3. The molecule has 1 fully saturated rings. The lowest BCUT2D eigenvalue weighted by atomic mass is 9.93. The largest absolute Gasteiger partial charge is 0.466 e. The van der Waals surface area contributed by atoms with Gasteiger partial charge in [-0.2, -0.15) is 0 Å². The molecule has 0 bridgehead atoms. The minimum atomic E-state index is -1.36. The Morgan fingerprint density at radius 2 is 0.949 bits per heavy atom. The van der Waals surface area contributed by atoms with E-state index in [0.717, 1.165) is 0 Å². The second-order valence-corrected chi connectivity index (χ2v) is 14.1. The van der Waals surface area contributed by atoms with Crippen LogP contribution in [0.2, 0.25) is 0 Å². The third-order valence-electron chi connectivity index (χ3n) is 5.47. The van der Waals surface area contributed by atoms with E-state index >= 15 is 0 Å². The van der Waals surface area contributed by atoms with Crippen LogP contribution >= 0.6 is 0 Å². The summed E-state index contributed by atoms with van der Waals surface area (Å²) in [4.78, 5) is 51.8. The molecule has 0 N–H and O–H groups in total. The summed E-state index contributed by atoms with van der Waals surface area (Å²) in [6.07, 6.45) is -6.44. The first-order chi connectivity index (χ1) is 17.4. The van der Waals surface area contributed by atoms with Crippen LogP contribution in [0, 0.1) is 21.7 Å². The summed E-state index contributed by atoms with van der Waals surface area (Å²) in [5, 5.41) is 0. The fourth-order valence-electron chi connectivity index (χ4n) is 2.98. The van der Waals surface area contributed by atoms with Gasteiger partial charge in [-0.05, 0) is 90.0 Å². The fraction of sp³-hybridized carbons (Fsp3) is 0.793. The molecule has 1 heterocycles. The highest BCUT2D eigenvalue weighted by Crippen LogP contribution is 2.35. The SMILES string of the molecule is C=C(C)O[C@H]1O[C@H](COC(=O)C(C)(C)C)[C@@H](OC(=O)C(C)(C)C)[C@H](OC(=O)C(C)(C)C)[C@H]1OC(=O)C(C)(C)C. The van der Waals surface area contributed by atoms with Crippen molar-refractivity contribution in [2.24, 2.45) is 21.7 Å². The Morgan fingerprint density at radius 3 is 1.31 bits per heavy atom. The highest BCUT2D eigenvalue weighted by Gasteiger charge is 2.55. The van der Waals surface area contributed by atoms with Crippen LogP contribution in [-0.2, 0) is 47.6 Å². The summed E-state index contributed by atoms with van der Waals surface area (Å²) in [7, 11) is 0. The van der Waals surface area contributed by atoms with Crippen molar-refractivity contribution in [3.63, 3.8) is 0 Å². The maximum absolute atomic E-state index is 13.1. The number of carbonyl (C=O) groups is 4. The quantitative estimate of drug-likeness (QED) is 0.247. The van der Waals surface area contributed by atoms with E-state index in [9.17, 15) is 19.2 Å². The number of hydrogen-bond donors (Lipinski definition) is 0. The van der Waals surface area contributed by atoms with Crippen LogP contribution in [0.25, 0.3) is 0 Å². The van der Waals surface area contributed by atoms with Gasteiger partial charge in [-0.15, -0.1) is 0 Å². The van der Waals surface area contributed by atoms with E-state index in [4.69, 9.17) is 28.4 Å². The molecule has 0 unspecified atom stereocenters. The molecule has 0 aromatic heterocycles. The molecular weight excluding hydrogens is 508 g/mol. The van der Waals surface area contributed by atoms with Gasteiger partial charge in [-0.3, -0.25) is 19.2 Å². The Balaban J connectivity index is 3.70. The Kier molecular flexibility index (Phi) is 10.8. The molecule has 0 spiro atoms. The zero-order valence-corrected chi connectivity index (χ0v) is 25.9. The summed E-state index contributed by atoms with van der Waals surface area (Å²) in [5.74, 6) is -2.17. The van der Waals surface area contributed by atoms with Gasteiger partial charge >= 0.3 is 23.9 Å². The van der Waals surface area contributed by atoms with Gasteiger partial charge < -0.3 is 28.4 Å². The van der Waals surface area contributed by atoms with E-state index in [0.29, 0.717) is 0 Å². The predicted molar refractivity (Wildman–Crippen MR) is 143 cm³/mol. The van der Waals surface area contributed by atoms with E-state index in [2.05, 4.69) is 6.58 Å². The molecule has 1 rings (SSSR count). The van der Waals surface area contributed by atoms with Crippen LogP contribution < -0.4 is 0 Å². The van der Waals surface area contributed by atoms with Crippen molar-refractivity contribution in [1.82, 2.24) is 0 Å². The third-order valence-corrected chi connectivity index (χ3v) is 5.47. The standard InChI is InChI=1S/C29H48O10/c1-16(2)35-21-20(39-25(33)29(12,13)14)19(38-24(32)28(9,10)11)18(37-23(31)27(6,7)8)17(36-21)15-34-22(30)26(3,4)5/h17-21H,1,15H2,2-14H3/t17-,18-,19+,20-,21+/m1/s1. The van der Waals surface area contributed by atoms with Gasteiger partial charge in [-0.25, -0.2) is 0 Å². The van der Waals surface area contributed by atoms with Gasteiger partial charge in [0, 0.05) is 0 Å². The van der Waals surface area contributed by atoms with Gasteiger partial charge in [0.05, 0.1) is 27.4 Å². The van der Waals surface area contributed by atoms with Crippen LogP contribution in [-0.4, -0.2) is 61.2 Å². The topological polar surface area (TPSA) is 124 Å². The van der Waals surface area contributed by atoms with E-state index in [1.807, 2.05) is 0 Å². The van der Waals surface area contributed by atoms with Crippen LogP contribution in [0.15, 0.2) is 12.3 Å². The zero-order chi connectivity index (χ0) is 30.7. The lowest BCUT2D eigenvalue weighted by molar-refractivity contribution is -0.304. The van der Waals surface area contributed by atoms with Gasteiger partial charge in [0.15, 0.2) is 12.2 Å². The van der Waals surface area contributed by atoms with Crippen molar-refractivity contribution >= 4 is 23.9 Å². The molecule has 0 aliphatic carbocycles. The van der Waals surface area contributed by atoms with Gasteiger partial charge in [0.25, 0.3) is 0 Å². The highest BCUT2D eigenvalue weighted by molar-refractivity contribution is 5.78. The molecule has 1 saturated heterocycles. The molecular formula is C29H48O10. The Bertz CT molecular complexity index is 924. The molecule has 224 valence electrons. The van der Waals surface area contributed by atoms with E-state index in [-0.39, 0.29) is 12.4 Å². The summed E-state index contributed by atoms with van der Waals surface area (Å²) < 4.78 is 35.0. The first-order valence-corrected chi connectivity index (χ1v) is 13.1. The molecule has 0 radical (unpaired) electrons. The molecule has 10 heteroatoms. The van der Waals surface area contributed by atoms with Gasteiger partial charge in [-0.1, -0.05) is 6.58 Å². The van der Waals surface area contributed by atoms with Crippen molar-refractivity contribution < 1.29 is 47.6 Å². The minimum Gasteiger partial charge on any atom is -0.466 e. The molecule has 10 nitrogen and oxygen atoms in total. The number of ether oxygens (including phenoxy) is 6. The van der Waals surface area contributed by atoms with Crippen molar-refractivity contribution in [3.8, 4) is 0 Å². The molecule has 0 aromatic carbocycles. The normalized spacial score (nSPS) is 24.3. The lowest BCUT2D eigenvalue weighted by Gasteiger charge is -2.45. The number of esters is 4. The monoisotopic (exact) mass is 556 g/mol. The van der Waals surface area contributed by atoms with Crippen molar-refractivity contribution in [3.05, 3.63) is 12.3 Å². The van der Waals surface area contributed by atoms with E-state index in [1.54, 1.807) is 90.0 Å². The van der Waals surface area contributed by atoms with E-state index in [1.165, 1.54) is 0 Å². The molecule has 5 atom stereocenters. The Morgan fingerprint density at radius 1 is 0.590 bits per heavy atom. The summed E-state index contributed by atoms with van der Waals surface area (Å²) in [6, 6.07) is 0. The van der Waals surface area contributed by atoms with Gasteiger partial charge in [0.1, 0.15) is 12.7 Å². The average molecular weight is 557 g/mol.